The number of benzene rings is 2. The Morgan fingerprint density at radius 3 is 2.24 bits per heavy atom. The molecule has 0 atom stereocenters. The third-order valence-corrected chi connectivity index (χ3v) is 4.30. The minimum Gasteiger partial charge on any atom is -0.365 e. The van der Waals surface area contributed by atoms with Crippen LogP contribution in [0.25, 0.3) is 0 Å². The lowest BCUT2D eigenvalue weighted by Crippen LogP contribution is -2.45. The molecule has 106 valence electrons. The van der Waals surface area contributed by atoms with Crippen molar-refractivity contribution in [1.82, 2.24) is 0 Å². The molecule has 4 rings (SSSR count). The molecule has 2 aromatic carbocycles. The van der Waals surface area contributed by atoms with Crippen molar-refractivity contribution in [3.8, 4) is 0 Å². The highest BCUT2D eigenvalue weighted by Gasteiger charge is 2.35. The maximum Gasteiger partial charge on any atom is 0.258 e. The maximum absolute atomic E-state index is 12.8. The van der Waals surface area contributed by atoms with Gasteiger partial charge in [0, 0.05) is 24.7 Å². The van der Waals surface area contributed by atoms with Crippen LogP contribution in [0.15, 0.2) is 54.6 Å². The Balaban J connectivity index is 1.71. The first kappa shape index (κ1) is 12.5. The molecule has 1 aliphatic carbocycles. The molecule has 3 nitrogen and oxygen atoms in total. The molecule has 0 radical (unpaired) electrons. The fraction of sp³-hybridized carbons (Fsp3) is 0.278. The van der Waals surface area contributed by atoms with Crippen molar-refractivity contribution in [1.29, 1.82) is 0 Å². The zero-order valence-corrected chi connectivity index (χ0v) is 11.9. The molecule has 0 aromatic heterocycles. The van der Waals surface area contributed by atoms with Crippen LogP contribution in [0.2, 0.25) is 0 Å². The highest BCUT2D eigenvalue weighted by atomic mass is 16.2. The minimum atomic E-state index is 0.0958. The molecule has 1 saturated carbocycles. The minimum absolute atomic E-state index is 0.0958. The van der Waals surface area contributed by atoms with Gasteiger partial charge < -0.3 is 9.80 Å². The molecule has 0 saturated heterocycles. The van der Waals surface area contributed by atoms with Gasteiger partial charge in [0.25, 0.3) is 5.91 Å². The molecule has 0 N–H and O–H groups in total. The van der Waals surface area contributed by atoms with Crippen LogP contribution in [0, 0.1) is 0 Å². The van der Waals surface area contributed by atoms with Crippen molar-refractivity contribution in [2.75, 3.05) is 22.9 Å². The smallest absolute Gasteiger partial charge is 0.258 e. The number of amides is 1. The summed E-state index contributed by atoms with van der Waals surface area (Å²) in [5.74, 6) is 0.0958. The molecule has 2 aliphatic rings. The van der Waals surface area contributed by atoms with E-state index in [1.807, 2.05) is 41.3 Å². The molecule has 0 spiro atoms. The van der Waals surface area contributed by atoms with E-state index in [2.05, 4.69) is 23.1 Å². The number of hydrogen-bond donors (Lipinski definition) is 0. The van der Waals surface area contributed by atoms with Gasteiger partial charge in [0.2, 0.25) is 0 Å². The third-order valence-electron chi connectivity index (χ3n) is 4.30. The van der Waals surface area contributed by atoms with Gasteiger partial charge in [-0.1, -0.05) is 30.3 Å². The Hall–Kier alpha value is -2.29. The predicted molar refractivity (Wildman–Crippen MR) is 84.9 cm³/mol. The lowest BCUT2D eigenvalue weighted by Gasteiger charge is -2.38. The molecule has 1 fully saturated rings. The second-order valence-electron chi connectivity index (χ2n) is 5.74. The van der Waals surface area contributed by atoms with Crippen molar-refractivity contribution in [2.24, 2.45) is 0 Å². The van der Waals surface area contributed by atoms with Gasteiger partial charge in [-0.25, -0.2) is 0 Å². The van der Waals surface area contributed by atoms with Gasteiger partial charge in [0.15, 0.2) is 0 Å². The fourth-order valence-corrected chi connectivity index (χ4v) is 3.10. The average molecular weight is 278 g/mol. The van der Waals surface area contributed by atoms with Crippen LogP contribution in [0.5, 0.6) is 0 Å². The Kier molecular flexibility index (Phi) is 2.92. The first-order chi connectivity index (χ1) is 10.3. The summed E-state index contributed by atoms with van der Waals surface area (Å²) in [6, 6.07) is 18.5. The molecular weight excluding hydrogens is 260 g/mol. The predicted octanol–water partition coefficient (Wildman–Crippen LogP) is 3.32. The summed E-state index contributed by atoms with van der Waals surface area (Å²) >= 11 is 0. The number of anilines is 2. The number of nitrogens with zero attached hydrogens (tertiary/aromatic N) is 2. The first-order valence-corrected chi connectivity index (χ1v) is 7.57. The molecule has 0 unspecified atom stereocenters. The number of carbonyl (C=O) groups is 1. The standard InChI is InChI=1S/C18H18N2O/c21-18(14-6-2-1-3-7-14)20-13-12-19(15-10-11-15)16-8-4-5-9-17(16)20/h1-9,15H,10-13H2. The third kappa shape index (κ3) is 2.19. The zero-order valence-electron chi connectivity index (χ0n) is 11.9. The van der Waals surface area contributed by atoms with Crippen LogP contribution >= 0.6 is 0 Å². The van der Waals surface area contributed by atoms with Crippen LogP contribution in [0.1, 0.15) is 23.2 Å². The van der Waals surface area contributed by atoms with Crippen LogP contribution < -0.4 is 9.80 Å². The van der Waals surface area contributed by atoms with E-state index in [1.54, 1.807) is 0 Å². The van der Waals surface area contributed by atoms with Crippen LogP contribution in [0.4, 0.5) is 11.4 Å². The molecule has 0 bridgehead atoms. The first-order valence-electron chi connectivity index (χ1n) is 7.57. The summed E-state index contributed by atoms with van der Waals surface area (Å²) in [7, 11) is 0. The Morgan fingerprint density at radius 1 is 0.857 bits per heavy atom. The summed E-state index contributed by atoms with van der Waals surface area (Å²) in [6.07, 6.45) is 2.56. The average Bonchev–Trinajstić information content (AvgIpc) is 3.39. The van der Waals surface area contributed by atoms with Crippen molar-refractivity contribution in [2.45, 2.75) is 18.9 Å². The normalized spacial score (nSPS) is 17.5. The van der Waals surface area contributed by atoms with Gasteiger partial charge in [-0.2, -0.15) is 0 Å². The zero-order chi connectivity index (χ0) is 14.2. The van der Waals surface area contributed by atoms with Gasteiger partial charge >= 0.3 is 0 Å². The van der Waals surface area contributed by atoms with E-state index in [0.717, 1.165) is 24.3 Å². The van der Waals surface area contributed by atoms with Crippen molar-refractivity contribution in [3.05, 3.63) is 60.2 Å². The van der Waals surface area contributed by atoms with Crippen molar-refractivity contribution >= 4 is 17.3 Å². The Bertz CT molecular complexity index is 664. The Labute approximate surface area is 124 Å². The lowest BCUT2D eigenvalue weighted by atomic mass is 10.1. The van der Waals surface area contributed by atoms with Gasteiger partial charge in [-0.05, 0) is 37.1 Å². The largest absolute Gasteiger partial charge is 0.365 e. The fourth-order valence-electron chi connectivity index (χ4n) is 3.10. The number of fused-ring (bicyclic) bond motifs is 1. The molecular formula is C18H18N2O. The van der Waals surface area contributed by atoms with Crippen LogP contribution in [-0.2, 0) is 0 Å². The summed E-state index contributed by atoms with van der Waals surface area (Å²) in [5, 5.41) is 0. The lowest BCUT2D eigenvalue weighted by molar-refractivity contribution is 0.0986. The van der Waals surface area contributed by atoms with Gasteiger partial charge in [-0.15, -0.1) is 0 Å². The molecule has 1 aliphatic heterocycles. The monoisotopic (exact) mass is 278 g/mol. The summed E-state index contributed by atoms with van der Waals surface area (Å²) < 4.78 is 0. The highest BCUT2D eigenvalue weighted by Crippen LogP contribution is 2.40. The van der Waals surface area contributed by atoms with E-state index in [0.29, 0.717) is 6.04 Å². The molecule has 1 heterocycles. The Morgan fingerprint density at radius 2 is 1.52 bits per heavy atom. The number of carbonyl (C=O) groups excluding carboxylic acids is 1. The van der Waals surface area contributed by atoms with E-state index in [4.69, 9.17) is 0 Å². The number of rotatable bonds is 2. The topological polar surface area (TPSA) is 23.6 Å². The summed E-state index contributed by atoms with van der Waals surface area (Å²) in [4.78, 5) is 17.1. The number of para-hydroxylation sites is 2. The van der Waals surface area contributed by atoms with Crippen molar-refractivity contribution < 1.29 is 4.79 Å². The van der Waals surface area contributed by atoms with E-state index >= 15 is 0 Å². The SMILES string of the molecule is O=C(c1ccccc1)N1CCN(C2CC2)c2ccccc21. The highest BCUT2D eigenvalue weighted by molar-refractivity contribution is 6.08. The number of hydrogen-bond acceptors (Lipinski definition) is 2. The maximum atomic E-state index is 12.8. The molecule has 1 amide bonds. The van der Waals surface area contributed by atoms with E-state index < -0.39 is 0 Å². The van der Waals surface area contributed by atoms with Crippen LogP contribution in [-0.4, -0.2) is 25.0 Å². The molecule has 3 heteroatoms. The summed E-state index contributed by atoms with van der Waals surface area (Å²) in [6.45, 7) is 1.70. The van der Waals surface area contributed by atoms with E-state index in [1.165, 1.54) is 18.5 Å². The quantitative estimate of drug-likeness (QED) is 0.841. The second kappa shape index (κ2) is 4.92. The van der Waals surface area contributed by atoms with Crippen LogP contribution in [0.3, 0.4) is 0 Å². The summed E-state index contributed by atoms with van der Waals surface area (Å²) in [5.41, 5.74) is 3.01. The van der Waals surface area contributed by atoms with Gasteiger partial charge in [0.05, 0.1) is 11.4 Å². The van der Waals surface area contributed by atoms with E-state index in [9.17, 15) is 4.79 Å². The van der Waals surface area contributed by atoms with Gasteiger partial charge in [-0.3, -0.25) is 4.79 Å². The second-order valence-corrected chi connectivity index (χ2v) is 5.74. The molecule has 2 aromatic rings. The van der Waals surface area contributed by atoms with E-state index in [-0.39, 0.29) is 5.91 Å². The van der Waals surface area contributed by atoms with Gasteiger partial charge in [0.1, 0.15) is 0 Å². The molecule has 21 heavy (non-hydrogen) atoms. The van der Waals surface area contributed by atoms with Crippen molar-refractivity contribution in [3.63, 3.8) is 0 Å².